The lowest BCUT2D eigenvalue weighted by molar-refractivity contribution is 0.0146. The van der Waals surface area contributed by atoms with Crippen molar-refractivity contribution in [2.24, 2.45) is 5.92 Å². The van der Waals surface area contributed by atoms with Crippen LogP contribution in [0.5, 0.6) is 0 Å². The van der Waals surface area contributed by atoms with Crippen LogP contribution in [0.1, 0.15) is 49.3 Å². The maximum absolute atomic E-state index is 10.0. The molecule has 0 amide bonds. The monoisotopic (exact) mass is 248 g/mol. The van der Waals surface area contributed by atoms with E-state index < -0.39 is 6.10 Å². The summed E-state index contributed by atoms with van der Waals surface area (Å²) in [6, 6.07) is 8.00. The van der Waals surface area contributed by atoms with E-state index in [1.165, 1.54) is 37.7 Å². The number of rotatable bonds is 5. The van der Waals surface area contributed by atoms with Crippen LogP contribution in [0.2, 0.25) is 0 Å². The number of benzene rings is 1. The summed E-state index contributed by atoms with van der Waals surface area (Å²) in [6.45, 7) is 3.27. The van der Waals surface area contributed by atoms with Gasteiger partial charge in [0.1, 0.15) is 6.10 Å². The van der Waals surface area contributed by atoms with E-state index >= 15 is 0 Å². The molecule has 0 bridgehead atoms. The smallest absolute Gasteiger partial charge is 0.102 e. The third-order valence-electron chi connectivity index (χ3n) is 3.78. The minimum absolute atomic E-state index is 0.417. The third-order valence-corrected chi connectivity index (χ3v) is 3.78. The summed E-state index contributed by atoms with van der Waals surface area (Å²) in [6.07, 6.45) is 6.15. The van der Waals surface area contributed by atoms with Gasteiger partial charge in [-0.05, 0) is 31.2 Å². The second-order valence-electron chi connectivity index (χ2n) is 5.47. The van der Waals surface area contributed by atoms with Crippen molar-refractivity contribution in [3.63, 3.8) is 0 Å². The first-order chi connectivity index (χ1) is 8.75. The second kappa shape index (κ2) is 6.91. The van der Waals surface area contributed by atoms with Gasteiger partial charge in [0, 0.05) is 6.61 Å². The van der Waals surface area contributed by atoms with E-state index in [-0.39, 0.29) is 0 Å². The normalized spacial score (nSPS) is 18.8. The largest absolute Gasteiger partial charge is 0.386 e. The van der Waals surface area contributed by atoms with E-state index in [4.69, 9.17) is 4.74 Å². The maximum Gasteiger partial charge on any atom is 0.102 e. The Balaban J connectivity index is 1.72. The van der Waals surface area contributed by atoms with Crippen LogP contribution in [0, 0.1) is 12.8 Å². The van der Waals surface area contributed by atoms with Crippen molar-refractivity contribution in [2.45, 2.75) is 45.1 Å². The minimum Gasteiger partial charge on any atom is -0.386 e. The Hall–Kier alpha value is -0.860. The molecule has 1 saturated carbocycles. The van der Waals surface area contributed by atoms with Gasteiger partial charge in [-0.1, -0.05) is 49.1 Å². The van der Waals surface area contributed by atoms with Crippen LogP contribution in [-0.2, 0) is 4.74 Å². The molecular weight excluding hydrogens is 224 g/mol. The lowest BCUT2D eigenvalue weighted by Gasteiger charge is -2.22. The van der Waals surface area contributed by atoms with Crippen LogP contribution in [0.4, 0.5) is 0 Å². The van der Waals surface area contributed by atoms with E-state index in [0.717, 1.165) is 12.2 Å². The summed E-state index contributed by atoms with van der Waals surface area (Å²) in [7, 11) is 0. The van der Waals surface area contributed by atoms with Crippen molar-refractivity contribution in [3.05, 3.63) is 35.4 Å². The summed E-state index contributed by atoms with van der Waals surface area (Å²) in [5.74, 6) is 0.712. The Labute approximate surface area is 110 Å². The standard InChI is InChI=1S/C16H24O2/c1-13-6-5-9-15(10-13)16(17)12-18-11-14-7-3-2-4-8-14/h5-6,9-10,14,16-17H,2-4,7-8,11-12H2,1H3. The molecule has 0 radical (unpaired) electrons. The predicted octanol–water partition coefficient (Wildman–Crippen LogP) is 3.63. The van der Waals surface area contributed by atoms with Crippen LogP contribution >= 0.6 is 0 Å². The Bertz CT molecular complexity index is 356. The third kappa shape index (κ3) is 4.11. The summed E-state index contributed by atoms with van der Waals surface area (Å²) in [5, 5.41) is 10.0. The molecule has 2 nitrogen and oxygen atoms in total. The average molecular weight is 248 g/mol. The summed E-state index contributed by atoms with van der Waals surface area (Å²) >= 11 is 0. The van der Waals surface area contributed by atoms with Crippen LogP contribution in [0.3, 0.4) is 0 Å². The number of aryl methyl sites for hydroxylation is 1. The number of aliphatic hydroxyl groups is 1. The number of hydrogen-bond donors (Lipinski definition) is 1. The van der Waals surface area contributed by atoms with Crippen LogP contribution < -0.4 is 0 Å². The van der Waals surface area contributed by atoms with Crippen molar-refractivity contribution in [2.75, 3.05) is 13.2 Å². The van der Waals surface area contributed by atoms with Crippen molar-refractivity contribution in [3.8, 4) is 0 Å². The molecule has 0 spiro atoms. The van der Waals surface area contributed by atoms with Gasteiger partial charge < -0.3 is 9.84 Å². The first-order valence-electron chi connectivity index (χ1n) is 7.08. The molecule has 1 atom stereocenters. The number of aliphatic hydroxyl groups excluding tert-OH is 1. The van der Waals surface area contributed by atoms with Crippen LogP contribution in [-0.4, -0.2) is 18.3 Å². The van der Waals surface area contributed by atoms with E-state index in [0.29, 0.717) is 12.5 Å². The fraction of sp³-hybridized carbons (Fsp3) is 0.625. The zero-order valence-corrected chi connectivity index (χ0v) is 11.3. The minimum atomic E-state index is -0.492. The molecule has 1 fully saturated rings. The fourth-order valence-corrected chi connectivity index (χ4v) is 2.67. The van der Waals surface area contributed by atoms with Gasteiger partial charge >= 0.3 is 0 Å². The van der Waals surface area contributed by atoms with Crippen LogP contribution in [0.25, 0.3) is 0 Å². The first-order valence-corrected chi connectivity index (χ1v) is 7.08. The predicted molar refractivity (Wildman–Crippen MR) is 73.5 cm³/mol. The van der Waals surface area contributed by atoms with Gasteiger partial charge in [-0.15, -0.1) is 0 Å². The molecule has 2 heteroatoms. The molecule has 1 unspecified atom stereocenters. The van der Waals surface area contributed by atoms with E-state index in [9.17, 15) is 5.11 Å². The number of ether oxygens (including phenoxy) is 1. The molecule has 0 heterocycles. The van der Waals surface area contributed by atoms with Gasteiger partial charge in [0.15, 0.2) is 0 Å². The zero-order valence-electron chi connectivity index (χ0n) is 11.3. The van der Waals surface area contributed by atoms with Gasteiger partial charge in [-0.25, -0.2) is 0 Å². The lowest BCUT2D eigenvalue weighted by atomic mass is 9.90. The summed E-state index contributed by atoms with van der Waals surface area (Å²) in [5.41, 5.74) is 2.14. The molecule has 0 saturated heterocycles. The fourth-order valence-electron chi connectivity index (χ4n) is 2.67. The maximum atomic E-state index is 10.0. The van der Waals surface area contributed by atoms with Gasteiger partial charge in [0.25, 0.3) is 0 Å². The summed E-state index contributed by atoms with van der Waals surface area (Å²) < 4.78 is 5.68. The highest BCUT2D eigenvalue weighted by atomic mass is 16.5. The molecular formula is C16H24O2. The van der Waals surface area contributed by atoms with Gasteiger partial charge in [0.05, 0.1) is 6.61 Å². The average Bonchev–Trinajstić information content (AvgIpc) is 2.40. The number of hydrogen-bond acceptors (Lipinski definition) is 2. The zero-order chi connectivity index (χ0) is 12.8. The molecule has 1 aromatic rings. The van der Waals surface area contributed by atoms with Gasteiger partial charge in [0.2, 0.25) is 0 Å². The quantitative estimate of drug-likeness (QED) is 0.862. The van der Waals surface area contributed by atoms with Crippen molar-refractivity contribution in [1.29, 1.82) is 0 Å². The van der Waals surface area contributed by atoms with Crippen molar-refractivity contribution < 1.29 is 9.84 Å². The van der Waals surface area contributed by atoms with Crippen molar-refractivity contribution in [1.82, 2.24) is 0 Å². The van der Waals surface area contributed by atoms with Crippen molar-refractivity contribution >= 4 is 0 Å². The molecule has 1 aliphatic carbocycles. The highest BCUT2D eigenvalue weighted by Crippen LogP contribution is 2.24. The SMILES string of the molecule is Cc1cccc(C(O)COCC2CCCCC2)c1. The first kappa shape index (κ1) is 13.6. The Kier molecular flexibility index (Phi) is 5.21. The highest BCUT2D eigenvalue weighted by molar-refractivity contribution is 5.23. The van der Waals surface area contributed by atoms with Gasteiger partial charge in [-0.3, -0.25) is 0 Å². The van der Waals surface area contributed by atoms with E-state index in [2.05, 4.69) is 0 Å². The molecule has 0 aliphatic heterocycles. The highest BCUT2D eigenvalue weighted by Gasteiger charge is 2.14. The Morgan fingerprint density at radius 1 is 1.28 bits per heavy atom. The Morgan fingerprint density at radius 3 is 2.78 bits per heavy atom. The van der Waals surface area contributed by atoms with Gasteiger partial charge in [-0.2, -0.15) is 0 Å². The summed E-state index contributed by atoms with van der Waals surface area (Å²) in [4.78, 5) is 0. The Morgan fingerprint density at radius 2 is 2.06 bits per heavy atom. The molecule has 100 valence electrons. The molecule has 0 aromatic heterocycles. The molecule has 1 aliphatic rings. The second-order valence-corrected chi connectivity index (χ2v) is 5.47. The van der Waals surface area contributed by atoms with Crippen LogP contribution in [0.15, 0.2) is 24.3 Å². The topological polar surface area (TPSA) is 29.5 Å². The molecule has 18 heavy (non-hydrogen) atoms. The van der Waals surface area contributed by atoms with E-state index in [1.807, 2.05) is 31.2 Å². The molecule has 1 N–H and O–H groups in total. The molecule has 1 aromatic carbocycles. The lowest BCUT2D eigenvalue weighted by Crippen LogP contribution is -2.16. The van der Waals surface area contributed by atoms with E-state index in [1.54, 1.807) is 0 Å². The molecule has 2 rings (SSSR count).